The third-order valence-corrected chi connectivity index (χ3v) is 2.41. The van der Waals surface area contributed by atoms with Crippen LogP contribution in [0, 0.1) is 0 Å². The minimum absolute atomic E-state index is 0.171. The van der Waals surface area contributed by atoms with Crippen molar-refractivity contribution in [3.63, 3.8) is 0 Å². The maximum Gasteiger partial charge on any atom is 0.0632 e. The van der Waals surface area contributed by atoms with Gasteiger partial charge in [-0.2, -0.15) is 0 Å². The summed E-state index contributed by atoms with van der Waals surface area (Å²) in [5, 5.41) is 21.3. The van der Waals surface area contributed by atoms with Gasteiger partial charge in [0.25, 0.3) is 0 Å². The highest BCUT2D eigenvalue weighted by molar-refractivity contribution is 5.97. The van der Waals surface area contributed by atoms with Crippen molar-refractivity contribution in [1.29, 1.82) is 0 Å². The number of hydrogen-bond acceptors (Lipinski definition) is 4. The molecule has 0 aliphatic carbocycles. The van der Waals surface area contributed by atoms with E-state index in [0.717, 1.165) is 5.56 Å². The van der Waals surface area contributed by atoms with Gasteiger partial charge in [-0.05, 0) is 17.0 Å². The zero-order chi connectivity index (χ0) is 12.3. The first-order chi connectivity index (χ1) is 7.43. The van der Waals surface area contributed by atoms with E-state index in [1.54, 1.807) is 12.1 Å². The van der Waals surface area contributed by atoms with Gasteiger partial charge in [0.2, 0.25) is 0 Å². The Morgan fingerprint density at radius 2 is 1.31 bits per heavy atom. The molecule has 0 saturated carbocycles. The number of carboxylic acid groups (broad SMARTS) is 2. The lowest BCUT2D eigenvalue weighted by Gasteiger charge is -2.19. The molecule has 0 atom stereocenters. The normalized spacial score (nSPS) is 10.8. The van der Waals surface area contributed by atoms with E-state index in [9.17, 15) is 19.8 Å². The highest BCUT2D eigenvalue weighted by Crippen LogP contribution is 2.19. The van der Waals surface area contributed by atoms with Crippen LogP contribution in [-0.2, 0) is 9.59 Å². The molecule has 0 spiro atoms. The average Bonchev–Trinajstić information content (AvgIpc) is 2.17. The molecule has 0 N–H and O–H groups in total. The quantitative estimate of drug-likeness (QED) is 0.634. The summed E-state index contributed by atoms with van der Waals surface area (Å²) in [6, 6.07) is 6.37. The third kappa shape index (κ3) is 2.59. The molecule has 4 heteroatoms. The molecule has 0 aliphatic rings. The molecular weight excluding hydrogens is 208 g/mol. The summed E-state index contributed by atoms with van der Waals surface area (Å²) < 4.78 is 0. The molecule has 0 radical (unpaired) electrons. The van der Waals surface area contributed by atoms with Crippen LogP contribution in [-0.4, -0.2) is 11.9 Å². The zero-order valence-electron chi connectivity index (χ0n) is 9.10. The minimum atomic E-state index is -1.71. The van der Waals surface area contributed by atoms with E-state index >= 15 is 0 Å². The molecule has 86 valence electrons. The lowest BCUT2D eigenvalue weighted by atomic mass is 9.95. The fourth-order valence-corrected chi connectivity index (χ4v) is 1.44. The van der Waals surface area contributed by atoms with E-state index < -0.39 is 17.9 Å². The van der Waals surface area contributed by atoms with Crippen molar-refractivity contribution in [2.45, 2.75) is 25.7 Å². The summed E-state index contributed by atoms with van der Waals surface area (Å²) in [6.45, 7) is 3.98. The second-order valence-corrected chi connectivity index (χ2v) is 3.89. The molecule has 0 fully saturated rings. The fourth-order valence-electron chi connectivity index (χ4n) is 1.44. The summed E-state index contributed by atoms with van der Waals surface area (Å²) in [5.41, 5.74) is 1.18. The Kier molecular flexibility index (Phi) is 3.66. The number of aliphatic carboxylic acids is 2. The van der Waals surface area contributed by atoms with E-state index in [1.165, 1.54) is 12.1 Å². The summed E-state index contributed by atoms with van der Waals surface area (Å²) >= 11 is 0. The van der Waals surface area contributed by atoms with Crippen LogP contribution in [0.25, 0.3) is 0 Å². The van der Waals surface area contributed by atoms with Gasteiger partial charge in [-0.1, -0.05) is 38.1 Å². The average molecular weight is 220 g/mol. The van der Waals surface area contributed by atoms with Crippen LogP contribution < -0.4 is 10.2 Å². The first kappa shape index (κ1) is 12.2. The minimum Gasteiger partial charge on any atom is -0.549 e. The molecule has 0 unspecified atom stereocenters. The van der Waals surface area contributed by atoms with Crippen LogP contribution in [0.4, 0.5) is 0 Å². The van der Waals surface area contributed by atoms with E-state index in [-0.39, 0.29) is 5.56 Å². The second-order valence-electron chi connectivity index (χ2n) is 3.89. The van der Waals surface area contributed by atoms with Gasteiger partial charge in [0, 0.05) is 0 Å². The molecular formula is C12H12O4-2. The molecule has 0 aliphatic heterocycles. The molecule has 1 rings (SSSR count). The lowest BCUT2D eigenvalue weighted by Crippen LogP contribution is -2.41. The Hall–Kier alpha value is -1.84. The summed E-state index contributed by atoms with van der Waals surface area (Å²) in [4.78, 5) is 21.3. The van der Waals surface area contributed by atoms with Crippen LogP contribution in [0.2, 0.25) is 0 Å². The highest BCUT2D eigenvalue weighted by Gasteiger charge is 2.14. The summed E-state index contributed by atoms with van der Waals surface area (Å²) in [7, 11) is 0. The summed E-state index contributed by atoms with van der Waals surface area (Å²) in [6.07, 6.45) is 0. The topological polar surface area (TPSA) is 80.3 Å². The first-order valence-corrected chi connectivity index (χ1v) is 4.95. The number of hydrogen-bond donors (Lipinski definition) is 0. The molecule has 4 nitrogen and oxygen atoms in total. The van der Waals surface area contributed by atoms with Crippen molar-refractivity contribution in [2.24, 2.45) is 0 Å². The van der Waals surface area contributed by atoms with E-state index in [0.29, 0.717) is 5.92 Å². The van der Waals surface area contributed by atoms with E-state index in [1.807, 2.05) is 13.8 Å². The zero-order valence-corrected chi connectivity index (χ0v) is 9.10. The van der Waals surface area contributed by atoms with E-state index in [2.05, 4.69) is 0 Å². The predicted molar refractivity (Wildman–Crippen MR) is 53.3 cm³/mol. The fraction of sp³-hybridized carbons (Fsp3) is 0.333. The van der Waals surface area contributed by atoms with Crippen molar-refractivity contribution in [1.82, 2.24) is 0 Å². The Bertz CT molecular complexity index is 378. The van der Waals surface area contributed by atoms with Gasteiger partial charge in [0.15, 0.2) is 0 Å². The number of carboxylic acids is 2. The van der Waals surface area contributed by atoms with Gasteiger partial charge in [-0.15, -0.1) is 0 Å². The van der Waals surface area contributed by atoms with Crippen LogP contribution >= 0.6 is 0 Å². The second kappa shape index (κ2) is 4.79. The number of carbonyl (C=O) groups is 2. The maximum absolute atomic E-state index is 10.6. The Labute approximate surface area is 93.5 Å². The van der Waals surface area contributed by atoms with Crippen LogP contribution in [0.3, 0.4) is 0 Å². The Morgan fingerprint density at radius 3 is 1.62 bits per heavy atom. The molecule has 0 aromatic heterocycles. The molecule has 0 amide bonds. The van der Waals surface area contributed by atoms with Crippen molar-refractivity contribution >= 4 is 11.9 Å². The number of carbonyl (C=O) groups excluding carboxylic acids is 2. The van der Waals surface area contributed by atoms with Gasteiger partial charge in [-0.3, -0.25) is 0 Å². The predicted octanol–water partition coefficient (Wildman–Crippen LogP) is -0.607. The molecule has 0 heterocycles. The van der Waals surface area contributed by atoms with Crippen molar-refractivity contribution in [3.05, 3.63) is 35.4 Å². The van der Waals surface area contributed by atoms with Gasteiger partial charge in [-0.25, -0.2) is 0 Å². The summed E-state index contributed by atoms with van der Waals surface area (Å²) in [5.74, 6) is -4.71. The first-order valence-electron chi connectivity index (χ1n) is 4.95. The molecule has 1 aromatic rings. The lowest BCUT2D eigenvalue weighted by molar-refractivity contribution is -0.326. The van der Waals surface area contributed by atoms with Crippen molar-refractivity contribution in [3.8, 4) is 0 Å². The maximum atomic E-state index is 10.6. The Morgan fingerprint density at radius 1 is 0.938 bits per heavy atom. The monoisotopic (exact) mass is 220 g/mol. The van der Waals surface area contributed by atoms with Gasteiger partial charge < -0.3 is 19.8 Å². The number of rotatable bonds is 4. The van der Waals surface area contributed by atoms with Gasteiger partial charge in [0.1, 0.15) is 0 Å². The SMILES string of the molecule is CC(C)c1ccc(C(C(=O)[O-])C(=O)[O-])cc1. The van der Waals surface area contributed by atoms with Crippen LogP contribution in [0.1, 0.15) is 36.8 Å². The van der Waals surface area contributed by atoms with Crippen molar-refractivity contribution in [2.75, 3.05) is 0 Å². The smallest absolute Gasteiger partial charge is 0.0632 e. The van der Waals surface area contributed by atoms with E-state index in [4.69, 9.17) is 0 Å². The molecule has 1 aromatic carbocycles. The highest BCUT2D eigenvalue weighted by atomic mass is 16.4. The Balaban J connectivity index is 3.04. The van der Waals surface area contributed by atoms with Crippen molar-refractivity contribution < 1.29 is 19.8 Å². The van der Waals surface area contributed by atoms with Crippen LogP contribution in [0.5, 0.6) is 0 Å². The van der Waals surface area contributed by atoms with Crippen LogP contribution in [0.15, 0.2) is 24.3 Å². The number of benzene rings is 1. The molecule has 0 saturated heterocycles. The largest absolute Gasteiger partial charge is 0.549 e. The molecule has 0 bridgehead atoms. The third-order valence-electron chi connectivity index (χ3n) is 2.41. The van der Waals surface area contributed by atoms with Gasteiger partial charge >= 0.3 is 0 Å². The standard InChI is InChI=1S/C12H14O4/c1-7(2)8-3-5-9(6-4-8)10(11(13)14)12(15)16/h3-7,10H,1-2H3,(H,13,14)(H,15,16)/p-2. The molecule has 16 heavy (non-hydrogen) atoms. The van der Waals surface area contributed by atoms with Gasteiger partial charge in [0.05, 0.1) is 17.9 Å².